The quantitative estimate of drug-likeness (QED) is 0.529. The van der Waals surface area contributed by atoms with Gasteiger partial charge in [0.25, 0.3) is 0 Å². The maximum Gasteiger partial charge on any atom is 0.317 e. The van der Waals surface area contributed by atoms with E-state index in [9.17, 15) is 14.4 Å². The van der Waals surface area contributed by atoms with Gasteiger partial charge < -0.3 is 26.2 Å². The predicted octanol–water partition coefficient (Wildman–Crippen LogP) is 2.18. The molecule has 4 N–H and O–H groups in total. The zero-order chi connectivity index (χ0) is 24.8. The van der Waals surface area contributed by atoms with Crippen LogP contribution < -0.4 is 21.3 Å². The third kappa shape index (κ3) is 4.01. The Hall–Kier alpha value is -3.46. The molecule has 4 aliphatic rings. The minimum atomic E-state index is -0.635. The lowest BCUT2D eigenvalue weighted by Crippen LogP contribution is -2.50. The molecule has 1 aliphatic carbocycles. The maximum atomic E-state index is 12.9. The van der Waals surface area contributed by atoms with E-state index in [1.807, 2.05) is 35.2 Å². The Balaban J connectivity index is 1.03. The molecule has 2 fully saturated rings. The van der Waals surface area contributed by atoms with E-state index < -0.39 is 5.41 Å². The molecule has 0 saturated carbocycles. The summed E-state index contributed by atoms with van der Waals surface area (Å²) in [6.45, 7) is 3.53. The van der Waals surface area contributed by atoms with Crippen LogP contribution in [0.1, 0.15) is 42.4 Å². The monoisotopic (exact) mass is 488 g/mol. The van der Waals surface area contributed by atoms with Crippen molar-refractivity contribution in [3.8, 4) is 0 Å². The van der Waals surface area contributed by atoms with Gasteiger partial charge in [-0.2, -0.15) is 0 Å². The zero-order valence-electron chi connectivity index (χ0n) is 20.4. The molecule has 36 heavy (non-hydrogen) atoms. The summed E-state index contributed by atoms with van der Waals surface area (Å²) in [6, 6.07) is 9.42. The standard InChI is InChI=1S/C27H32N6O3/c34-22(17-30-25(36)33-12-7-26(8-13-33)5-10-28-11-6-26)31-20-4-3-18-15-27(16-19(18)14-20)21-2-1-9-29-23(21)32-24(27)35/h1-4,9,14,28H,5-8,10-13,15-17H2,(H,30,36)(H,31,34)(H,29,32,35). The number of rotatable bonds is 3. The van der Waals surface area contributed by atoms with Crippen LogP contribution in [0.2, 0.25) is 0 Å². The Labute approximate surface area is 210 Å². The molecule has 9 heteroatoms. The Morgan fingerprint density at radius 3 is 2.61 bits per heavy atom. The van der Waals surface area contributed by atoms with Gasteiger partial charge in [0.05, 0.1) is 12.0 Å². The van der Waals surface area contributed by atoms with Crippen molar-refractivity contribution < 1.29 is 14.4 Å². The summed E-state index contributed by atoms with van der Waals surface area (Å²) >= 11 is 0. The van der Waals surface area contributed by atoms with Gasteiger partial charge in [-0.1, -0.05) is 12.1 Å². The van der Waals surface area contributed by atoms with E-state index in [0.717, 1.165) is 55.7 Å². The van der Waals surface area contributed by atoms with Gasteiger partial charge in [-0.25, -0.2) is 9.78 Å². The molecule has 3 aliphatic heterocycles. The molecule has 2 saturated heterocycles. The highest BCUT2D eigenvalue weighted by Gasteiger charge is 2.51. The Morgan fingerprint density at radius 1 is 1.03 bits per heavy atom. The third-order valence-electron chi connectivity index (χ3n) is 8.64. The van der Waals surface area contributed by atoms with Gasteiger partial charge in [-0.05, 0) is 86.4 Å². The molecule has 0 radical (unpaired) electrons. The number of urea groups is 1. The first-order chi connectivity index (χ1) is 17.5. The van der Waals surface area contributed by atoms with Crippen LogP contribution in [-0.4, -0.2) is 60.5 Å². The molecule has 4 heterocycles. The van der Waals surface area contributed by atoms with Crippen molar-refractivity contribution in [2.45, 2.75) is 43.9 Å². The molecule has 1 aromatic carbocycles. The fraction of sp³-hybridized carbons (Fsp3) is 0.481. The molecular weight excluding hydrogens is 456 g/mol. The van der Waals surface area contributed by atoms with Gasteiger partial charge in [-0.15, -0.1) is 0 Å². The van der Waals surface area contributed by atoms with Crippen LogP contribution in [-0.2, 0) is 27.8 Å². The Morgan fingerprint density at radius 2 is 1.81 bits per heavy atom. The maximum absolute atomic E-state index is 12.9. The van der Waals surface area contributed by atoms with Crippen molar-refractivity contribution in [1.29, 1.82) is 0 Å². The molecule has 2 spiro atoms. The molecule has 4 amide bonds. The van der Waals surface area contributed by atoms with Gasteiger partial charge in [0.2, 0.25) is 11.8 Å². The van der Waals surface area contributed by atoms with Crippen LogP contribution in [0.5, 0.6) is 0 Å². The lowest BCUT2D eigenvalue weighted by Gasteiger charge is -2.44. The SMILES string of the molecule is O=C(CNC(=O)N1CCC2(CCNCC2)CC1)Nc1ccc2c(c1)CC1(C2)C(=O)Nc2ncccc21. The second-order valence-corrected chi connectivity index (χ2v) is 10.7. The Kier molecular flexibility index (Phi) is 5.67. The number of piperidine rings is 2. The van der Waals surface area contributed by atoms with E-state index in [0.29, 0.717) is 29.8 Å². The molecule has 1 atom stereocenters. The van der Waals surface area contributed by atoms with Gasteiger partial charge in [0.15, 0.2) is 0 Å². The van der Waals surface area contributed by atoms with Crippen molar-refractivity contribution >= 4 is 29.4 Å². The number of carbonyl (C=O) groups excluding carboxylic acids is 3. The molecular formula is C27H32N6O3. The molecule has 188 valence electrons. The largest absolute Gasteiger partial charge is 0.329 e. The summed E-state index contributed by atoms with van der Waals surface area (Å²) in [4.78, 5) is 44.2. The van der Waals surface area contributed by atoms with Crippen molar-refractivity contribution in [3.63, 3.8) is 0 Å². The van der Waals surface area contributed by atoms with Crippen LogP contribution in [0.25, 0.3) is 0 Å². The summed E-state index contributed by atoms with van der Waals surface area (Å²) in [5, 5.41) is 12.0. The number of nitrogens with one attached hydrogen (secondary N) is 4. The summed E-state index contributed by atoms with van der Waals surface area (Å²) in [5.74, 6) is 0.347. The van der Waals surface area contributed by atoms with Crippen molar-refractivity contribution in [3.05, 3.63) is 53.2 Å². The van der Waals surface area contributed by atoms with Crippen LogP contribution in [0, 0.1) is 5.41 Å². The molecule has 6 rings (SSSR count). The highest BCUT2D eigenvalue weighted by molar-refractivity contribution is 6.06. The van der Waals surface area contributed by atoms with Crippen LogP contribution in [0.3, 0.4) is 0 Å². The number of benzene rings is 1. The molecule has 1 unspecified atom stereocenters. The van der Waals surface area contributed by atoms with Crippen LogP contribution in [0.4, 0.5) is 16.3 Å². The minimum Gasteiger partial charge on any atom is -0.329 e. The number of nitrogens with zero attached hydrogens (tertiary/aromatic N) is 2. The average molecular weight is 489 g/mol. The normalized spacial score (nSPS) is 23.8. The summed E-state index contributed by atoms with van der Waals surface area (Å²) in [5.41, 5.74) is 3.49. The number of carbonyl (C=O) groups is 3. The van der Waals surface area contributed by atoms with E-state index in [2.05, 4.69) is 26.3 Å². The van der Waals surface area contributed by atoms with Gasteiger partial charge in [0.1, 0.15) is 5.82 Å². The van der Waals surface area contributed by atoms with E-state index in [1.54, 1.807) is 6.20 Å². The van der Waals surface area contributed by atoms with Crippen molar-refractivity contribution in [1.82, 2.24) is 20.5 Å². The highest BCUT2D eigenvalue weighted by atomic mass is 16.2. The predicted molar refractivity (Wildman–Crippen MR) is 136 cm³/mol. The first kappa shape index (κ1) is 23.0. The van der Waals surface area contributed by atoms with E-state index >= 15 is 0 Å². The van der Waals surface area contributed by atoms with Gasteiger partial charge in [-0.3, -0.25) is 9.59 Å². The summed E-state index contributed by atoms with van der Waals surface area (Å²) in [7, 11) is 0. The average Bonchev–Trinajstić information content (AvgIpc) is 3.40. The van der Waals surface area contributed by atoms with Gasteiger partial charge in [0, 0.05) is 30.5 Å². The number of pyridine rings is 1. The van der Waals surface area contributed by atoms with Crippen molar-refractivity contribution in [2.24, 2.45) is 5.41 Å². The number of hydrogen-bond donors (Lipinski definition) is 4. The number of anilines is 2. The third-order valence-corrected chi connectivity index (χ3v) is 8.64. The number of fused-ring (bicyclic) bond motifs is 3. The lowest BCUT2D eigenvalue weighted by molar-refractivity contribution is -0.120. The Bertz CT molecular complexity index is 1210. The fourth-order valence-corrected chi connectivity index (χ4v) is 6.46. The van der Waals surface area contributed by atoms with E-state index in [-0.39, 0.29) is 24.4 Å². The van der Waals surface area contributed by atoms with Gasteiger partial charge >= 0.3 is 6.03 Å². The molecule has 1 aromatic heterocycles. The molecule has 0 bridgehead atoms. The topological polar surface area (TPSA) is 115 Å². The zero-order valence-corrected chi connectivity index (χ0v) is 20.4. The first-order valence-corrected chi connectivity index (χ1v) is 12.9. The fourth-order valence-electron chi connectivity index (χ4n) is 6.46. The number of hydrogen-bond acceptors (Lipinski definition) is 5. The second-order valence-electron chi connectivity index (χ2n) is 10.7. The minimum absolute atomic E-state index is 0.0236. The lowest BCUT2D eigenvalue weighted by atomic mass is 9.72. The van der Waals surface area contributed by atoms with Crippen LogP contribution in [0.15, 0.2) is 36.5 Å². The second kappa shape index (κ2) is 8.89. The van der Waals surface area contributed by atoms with Crippen molar-refractivity contribution in [2.75, 3.05) is 43.4 Å². The van der Waals surface area contributed by atoms with E-state index in [4.69, 9.17) is 0 Å². The number of likely N-dealkylation sites (tertiary alicyclic amines) is 1. The van der Waals surface area contributed by atoms with Crippen LogP contribution >= 0.6 is 0 Å². The summed E-state index contributed by atoms with van der Waals surface area (Å²) in [6.07, 6.45) is 7.29. The smallest absolute Gasteiger partial charge is 0.317 e. The molecule has 9 nitrogen and oxygen atoms in total. The first-order valence-electron chi connectivity index (χ1n) is 12.9. The highest BCUT2D eigenvalue weighted by Crippen LogP contribution is 2.47. The number of aromatic nitrogens is 1. The summed E-state index contributed by atoms with van der Waals surface area (Å²) < 4.78 is 0. The number of amides is 4. The van der Waals surface area contributed by atoms with E-state index in [1.165, 1.54) is 12.8 Å². The molecule has 2 aromatic rings.